The molecule has 13 heteroatoms. The summed E-state index contributed by atoms with van der Waals surface area (Å²) in [5.41, 5.74) is -4.39. The first-order valence-electron chi connectivity index (χ1n) is 9.29. The predicted octanol–water partition coefficient (Wildman–Crippen LogP) is 4.77. The molecule has 0 aliphatic carbocycles. The highest BCUT2D eigenvalue weighted by molar-refractivity contribution is 8.00. The maximum atomic E-state index is 14.1. The third kappa shape index (κ3) is 6.84. The Bertz CT molecular complexity index is 1300. The molecule has 3 rings (SSSR count). The van der Waals surface area contributed by atoms with Gasteiger partial charge < -0.3 is 15.2 Å². The Kier molecular flexibility index (Phi) is 7.36. The molecular formula is C21H16F4N2O5S2. The van der Waals surface area contributed by atoms with Crippen LogP contribution >= 0.6 is 11.8 Å². The molecule has 2 aromatic carbocycles. The van der Waals surface area contributed by atoms with Crippen molar-refractivity contribution in [1.29, 1.82) is 0 Å². The maximum Gasteiger partial charge on any atom is 0.446 e. The lowest BCUT2D eigenvalue weighted by molar-refractivity contribution is -0.0328. The van der Waals surface area contributed by atoms with Crippen molar-refractivity contribution in [2.45, 2.75) is 21.9 Å². The van der Waals surface area contributed by atoms with Gasteiger partial charge in [0.2, 0.25) is 0 Å². The Morgan fingerprint density at radius 3 is 2.38 bits per heavy atom. The molecule has 1 heterocycles. The quantitative estimate of drug-likeness (QED) is 0.202. The summed E-state index contributed by atoms with van der Waals surface area (Å²) in [6, 6.07) is 9.53. The second kappa shape index (κ2) is 9.89. The van der Waals surface area contributed by atoms with Crippen LogP contribution in [0.2, 0.25) is 0 Å². The van der Waals surface area contributed by atoms with E-state index in [-0.39, 0.29) is 28.8 Å². The number of amides is 1. The number of anilines is 1. The van der Waals surface area contributed by atoms with Crippen LogP contribution in [0.15, 0.2) is 64.5 Å². The topological polar surface area (TPSA) is 106 Å². The molecule has 2 N–H and O–H groups in total. The number of thioether (sulfide) groups is 1. The molecule has 0 atom stereocenters. The number of hydrogen-bond acceptors (Lipinski definition) is 7. The lowest BCUT2D eigenvalue weighted by Gasteiger charge is -2.10. The van der Waals surface area contributed by atoms with E-state index in [2.05, 4.69) is 10.3 Å². The van der Waals surface area contributed by atoms with Crippen molar-refractivity contribution in [1.82, 2.24) is 4.98 Å². The van der Waals surface area contributed by atoms with Gasteiger partial charge in [-0.05, 0) is 54.2 Å². The average Bonchev–Trinajstić information content (AvgIpc) is 2.73. The van der Waals surface area contributed by atoms with Gasteiger partial charge in [-0.2, -0.15) is 13.2 Å². The summed E-state index contributed by atoms with van der Waals surface area (Å²) in [5.74, 6) is -2.27. The molecule has 34 heavy (non-hydrogen) atoms. The van der Waals surface area contributed by atoms with Gasteiger partial charge in [0.1, 0.15) is 28.8 Å². The van der Waals surface area contributed by atoms with Crippen LogP contribution in [0.4, 0.5) is 23.2 Å². The van der Waals surface area contributed by atoms with Gasteiger partial charge in [0.25, 0.3) is 5.91 Å². The van der Waals surface area contributed by atoms with Crippen LogP contribution in [0.3, 0.4) is 0 Å². The first-order chi connectivity index (χ1) is 15.8. The summed E-state index contributed by atoms with van der Waals surface area (Å²) in [6.07, 6.45) is 2.01. The Hall–Kier alpha value is -3.32. The minimum absolute atomic E-state index is 0.0158. The van der Waals surface area contributed by atoms with Crippen molar-refractivity contribution in [2.75, 3.05) is 11.6 Å². The first kappa shape index (κ1) is 25.3. The summed E-state index contributed by atoms with van der Waals surface area (Å²) in [7, 11) is -3.86. The average molecular weight is 516 g/mol. The van der Waals surface area contributed by atoms with Crippen molar-refractivity contribution in [3.63, 3.8) is 0 Å². The largest absolute Gasteiger partial charge is 0.506 e. The number of carbonyl (C=O) groups is 1. The molecule has 1 aromatic heterocycles. The zero-order valence-corrected chi connectivity index (χ0v) is 18.9. The van der Waals surface area contributed by atoms with Crippen LogP contribution in [0.5, 0.6) is 11.5 Å². The number of ether oxygens (including phenoxy) is 1. The molecule has 0 saturated carbocycles. The minimum atomic E-state index is -4.38. The SMILES string of the molecule is CS(=O)(=O)c1cc(NC(=O)c2ccc(COc3ccc(SC(F)(F)F)cc3)nc2)c(F)cc1O. The second-order valence-corrected chi connectivity index (χ2v) is 9.99. The molecule has 7 nitrogen and oxygen atoms in total. The molecule has 3 aromatic rings. The van der Waals surface area contributed by atoms with E-state index in [9.17, 15) is 35.9 Å². The highest BCUT2D eigenvalue weighted by atomic mass is 32.2. The molecule has 1 amide bonds. The third-order valence-corrected chi connectivity index (χ3v) is 6.09. The smallest absolute Gasteiger partial charge is 0.446 e. The van der Waals surface area contributed by atoms with Gasteiger partial charge in [-0.1, -0.05) is 0 Å². The number of nitrogens with one attached hydrogen (secondary N) is 1. The first-order valence-corrected chi connectivity index (χ1v) is 12.0. The van der Waals surface area contributed by atoms with Gasteiger partial charge in [-0.3, -0.25) is 9.78 Å². The number of aromatic hydroxyl groups is 1. The van der Waals surface area contributed by atoms with Crippen molar-refractivity contribution in [3.8, 4) is 11.5 Å². The van der Waals surface area contributed by atoms with Gasteiger partial charge in [0, 0.05) is 23.4 Å². The van der Waals surface area contributed by atoms with Crippen LogP contribution in [0, 0.1) is 5.82 Å². The number of aromatic nitrogens is 1. The van der Waals surface area contributed by atoms with E-state index in [0.29, 0.717) is 17.5 Å². The number of phenols is 1. The van der Waals surface area contributed by atoms with Gasteiger partial charge >= 0.3 is 5.51 Å². The van der Waals surface area contributed by atoms with E-state index in [1.165, 1.54) is 42.6 Å². The standard InChI is InChI=1S/C21H16F4N2O5S2/c1-34(30,31)19-9-17(16(22)8-18(19)28)27-20(29)12-2-3-13(26-10-12)11-32-14-4-6-15(7-5-14)33-21(23,24)25/h2-10,28H,11H2,1H3,(H,27,29). The molecular weight excluding hydrogens is 500 g/mol. The van der Waals surface area contributed by atoms with Crippen LogP contribution < -0.4 is 10.1 Å². The molecule has 0 fully saturated rings. The summed E-state index contributed by atoms with van der Waals surface area (Å²) >= 11 is -0.239. The number of sulfone groups is 1. The molecule has 0 aliphatic rings. The lowest BCUT2D eigenvalue weighted by Crippen LogP contribution is -2.14. The molecule has 0 bridgehead atoms. The Morgan fingerprint density at radius 1 is 1.15 bits per heavy atom. The number of hydrogen-bond donors (Lipinski definition) is 2. The number of rotatable bonds is 7. The van der Waals surface area contributed by atoms with Crippen molar-refractivity contribution in [2.24, 2.45) is 0 Å². The van der Waals surface area contributed by atoms with Gasteiger partial charge in [0.15, 0.2) is 9.84 Å². The molecule has 0 aliphatic heterocycles. The second-order valence-electron chi connectivity index (χ2n) is 6.87. The van der Waals surface area contributed by atoms with Crippen LogP contribution in [0.1, 0.15) is 16.1 Å². The van der Waals surface area contributed by atoms with Crippen molar-refractivity contribution in [3.05, 3.63) is 71.8 Å². The number of alkyl halides is 3. The Labute approximate surface area is 195 Å². The summed E-state index contributed by atoms with van der Waals surface area (Å²) in [4.78, 5) is 15.9. The van der Waals surface area contributed by atoms with E-state index in [4.69, 9.17) is 4.74 Å². The van der Waals surface area contributed by atoms with E-state index in [1.807, 2.05) is 0 Å². The monoisotopic (exact) mass is 516 g/mol. The molecule has 0 unspecified atom stereocenters. The maximum absolute atomic E-state index is 14.1. The number of halogens is 4. The predicted molar refractivity (Wildman–Crippen MR) is 116 cm³/mol. The fourth-order valence-corrected chi connectivity index (χ4v) is 3.98. The molecule has 180 valence electrons. The van der Waals surface area contributed by atoms with E-state index in [0.717, 1.165) is 12.3 Å². The highest BCUT2D eigenvalue weighted by Crippen LogP contribution is 2.37. The number of phenolic OH excluding ortho intramolecular Hbond substituents is 1. The highest BCUT2D eigenvalue weighted by Gasteiger charge is 2.29. The fourth-order valence-electron chi connectivity index (χ4n) is 2.67. The lowest BCUT2D eigenvalue weighted by atomic mass is 10.2. The number of nitrogens with zero attached hydrogens (tertiary/aromatic N) is 1. The summed E-state index contributed by atoms with van der Waals surface area (Å²) in [6.45, 7) is -0.0298. The van der Waals surface area contributed by atoms with Crippen LogP contribution in [0.25, 0.3) is 0 Å². The van der Waals surface area contributed by atoms with Crippen molar-refractivity contribution >= 4 is 33.2 Å². The number of benzene rings is 2. The number of pyridine rings is 1. The van der Waals surface area contributed by atoms with Gasteiger partial charge in [0.05, 0.1) is 16.9 Å². The summed E-state index contributed by atoms with van der Waals surface area (Å²) in [5, 5.41) is 11.8. The summed E-state index contributed by atoms with van der Waals surface area (Å²) < 4.78 is 80.0. The van der Waals surface area contributed by atoms with Gasteiger partial charge in [-0.15, -0.1) is 0 Å². The van der Waals surface area contributed by atoms with E-state index in [1.54, 1.807) is 0 Å². The molecule has 0 saturated heterocycles. The fraction of sp³-hybridized carbons (Fsp3) is 0.143. The number of carbonyl (C=O) groups excluding carboxylic acids is 1. The Morgan fingerprint density at radius 2 is 1.82 bits per heavy atom. The van der Waals surface area contributed by atoms with E-state index >= 15 is 0 Å². The Balaban J connectivity index is 1.63. The third-order valence-electron chi connectivity index (χ3n) is 4.23. The zero-order chi connectivity index (χ0) is 25.1. The molecule has 0 spiro atoms. The normalized spacial score (nSPS) is 11.8. The van der Waals surface area contributed by atoms with Gasteiger partial charge in [-0.25, -0.2) is 12.8 Å². The van der Waals surface area contributed by atoms with Crippen LogP contribution in [-0.2, 0) is 16.4 Å². The minimum Gasteiger partial charge on any atom is -0.506 e. The van der Waals surface area contributed by atoms with Crippen molar-refractivity contribution < 1.29 is 40.6 Å². The van der Waals surface area contributed by atoms with E-state index < -0.39 is 43.4 Å². The zero-order valence-electron chi connectivity index (χ0n) is 17.3. The molecule has 0 radical (unpaired) electrons. The van der Waals surface area contributed by atoms with Crippen LogP contribution in [-0.4, -0.2) is 36.2 Å².